The zero-order chi connectivity index (χ0) is 10.7. The van der Waals surface area contributed by atoms with E-state index in [0.29, 0.717) is 0 Å². The molecule has 4 nitrogen and oxygen atoms in total. The highest BCUT2D eigenvalue weighted by atomic mass is 16.2. The van der Waals surface area contributed by atoms with Crippen LogP contribution in [0, 0.1) is 6.20 Å². The molecule has 1 heterocycles. The predicted octanol–water partition coefficient (Wildman–Crippen LogP) is 1.24. The molecule has 14 heavy (non-hydrogen) atoms. The van der Waals surface area contributed by atoms with Crippen LogP contribution in [0.5, 0.6) is 0 Å². The maximum Gasteiger partial charge on any atom is 0.219 e. The van der Waals surface area contributed by atoms with Crippen LogP contribution < -0.4 is 0 Å². The van der Waals surface area contributed by atoms with E-state index in [4.69, 9.17) is 0 Å². The summed E-state index contributed by atoms with van der Waals surface area (Å²) in [5.41, 5.74) is 0. The van der Waals surface area contributed by atoms with E-state index >= 15 is 0 Å². The van der Waals surface area contributed by atoms with Crippen molar-refractivity contribution in [1.82, 2.24) is 14.5 Å². The maximum atomic E-state index is 11.2. The van der Waals surface area contributed by atoms with Crippen LogP contribution in [0.2, 0.25) is 0 Å². The molecule has 0 saturated carbocycles. The Morgan fingerprint density at radius 2 is 2.43 bits per heavy atom. The van der Waals surface area contributed by atoms with Crippen molar-refractivity contribution in [3.8, 4) is 0 Å². The molecular weight excluding hydrogens is 178 g/mol. The van der Waals surface area contributed by atoms with Gasteiger partial charge in [-0.15, -0.1) is 0 Å². The molecule has 0 fully saturated rings. The Morgan fingerprint density at radius 1 is 1.79 bits per heavy atom. The topological polar surface area (TPSA) is 38.1 Å². The van der Waals surface area contributed by atoms with Crippen LogP contribution in [0.15, 0.2) is 6.20 Å². The summed E-state index contributed by atoms with van der Waals surface area (Å²) in [7, 11) is 1.78. The van der Waals surface area contributed by atoms with Gasteiger partial charge in [-0.3, -0.25) is 4.79 Å². The number of hydrogen-bond donors (Lipinski definition) is 0. The third-order valence-corrected chi connectivity index (χ3v) is 2.48. The smallest absolute Gasteiger partial charge is 0.219 e. The van der Waals surface area contributed by atoms with Crippen molar-refractivity contribution in [2.45, 2.75) is 33.4 Å². The van der Waals surface area contributed by atoms with E-state index in [1.165, 1.54) is 0 Å². The molecule has 0 aliphatic carbocycles. The Balaban J connectivity index is 2.88. The van der Waals surface area contributed by atoms with E-state index in [1.54, 1.807) is 25.1 Å². The highest BCUT2D eigenvalue weighted by Gasteiger charge is 2.17. The Kier molecular flexibility index (Phi) is 3.28. The van der Waals surface area contributed by atoms with E-state index in [1.807, 2.05) is 18.4 Å². The van der Waals surface area contributed by atoms with Gasteiger partial charge in [0, 0.05) is 26.7 Å². The number of aromatic nitrogens is 2. The number of aryl methyl sites for hydroxylation is 1. The van der Waals surface area contributed by atoms with Crippen LogP contribution in [-0.4, -0.2) is 27.4 Å². The molecule has 0 aliphatic heterocycles. The molecule has 1 aromatic rings. The van der Waals surface area contributed by atoms with Gasteiger partial charge in [-0.1, -0.05) is 0 Å². The van der Waals surface area contributed by atoms with Crippen LogP contribution in [-0.2, 0) is 11.3 Å². The van der Waals surface area contributed by atoms with Gasteiger partial charge >= 0.3 is 0 Å². The van der Waals surface area contributed by atoms with E-state index in [-0.39, 0.29) is 11.9 Å². The first-order valence-corrected chi connectivity index (χ1v) is 4.74. The monoisotopic (exact) mass is 194 g/mol. The van der Waals surface area contributed by atoms with Crippen LogP contribution >= 0.6 is 0 Å². The lowest BCUT2D eigenvalue weighted by Gasteiger charge is -2.23. The van der Waals surface area contributed by atoms with Gasteiger partial charge in [0.2, 0.25) is 5.91 Å². The minimum Gasteiger partial charge on any atom is -0.336 e. The quantitative estimate of drug-likeness (QED) is 0.726. The van der Waals surface area contributed by atoms with Crippen molar-refractivity contribution in [2.24, 2.45) is 0 Å². The van der Waals surface area contributed by atoms with Gasteiger partial charge < -0.3 is 9.47 Å². The third kappa shape index (κ3) is 1.95. The van der Waals surface area contributed by atoms with E-state index in [0.717, 1.165) is 12.4 Å². The van der Waals surface area contributed by atoms with Crippen LogP contribution in [0.4, 0.5) is 0 Å². The lowest BCUT2D eigenvalue weighted by molar-refractivity contribution is -0.129. The first-order valence-electron chi connectivity index (χ1n) is 4.74. The molecule has 4 heteroatoms. The fourth-order valence-electron chi connectivity index (χ4n) is 1.33. The van der Waals surface area contributed by atoms with Gasteiger partial charge in [-0.2, -0.15) is 0 Å². The molecule has 1 unspecified atom stereocenters. The normalized spacial score (nSPS) is 12.6. The summed E-state index contributed by atoms with van der Waals surface area (Å²) in [6, 6.07) is -0.00120. The largest absolute Gasteiger partial charge is 0.336 e. The zero-order valence-corrected chi connectivity index (χ0v) is 9.11. The van der Waals surface area contributed by atoms with Crippen molar-refractivity contribution < 1.29 is 4.79 Å². The number of carbonyl (C=O) groups excluding carboxylic acids is 1. The molecule has 0 saturated heterocycles. The molecule has 0 spiro atoms. The van der Waals surface area contributed by atoms with Gasteiger partial charge in [0.15, 0.2) is 0 Å². The Morgan fingerprint density at radius 3 is 2.93 bits per heavy atom. The summed E-state index contributed by atoms with van der Waals surface area (Å²) in [5, 5.41) is 0. The van der Waals surface area contributed by atoms with Gasteiger partial charge in [-0.05, 0) is 13.8 Å². The molecule has 1 atom stereocenters. The fourth-order valence-corrected chi connectivity index (χ4v) is 1.33. The first kappa shape index (κ1) is 10.8. The van der Waals surface area contributed by atoms with Gasteiger partial charge in [0.05, 0.1) is 6.04 Å². The van der Waals surface area contributed by atoms with E-state index in [9.17, 15) is 4.79 Å². The molecular formula is C10H16N3O. The lowest BCUT2D eigenvalue weighted by Crippen LogP contribution is -2.29. The highest BCUT2D eigenvalue weighted by Crippen LogP contribution is 2.16. The molecule has 0 N–H and O–H groups in total. The van der Waals surface area contributed by atoms with Gasteiger partial charge in [0.25, 0.3) is 0 Å². The summed E-state index contributed by atoms with van der Waals surface area (Å²) in [6.45, 7) is 6.41. The van der Waals surface area contributed by atoms with Crippen LogP contribution in [0.25, 0.3) is 0 Å². The first-order chi connectivity index (χ1) is 6.57. The summed E-state index contributed by atoms with van der Waals surface area (Å²) in [5.74, 6) is 0.924. The number of carbonyl (C=O) groups is 1. The summed E-state index contributed by atoms with van der Waals surface area (Å²) in [4.78, 5) is 17.0. The molecule has 1 aromatic heterocycles. The Labute approximate surface area is 84.5 Å². The molecule has 0 aliphatic rings. The number of rotatable bonds is 3. The Hall–Kier alpha value is -1.32. The number of amides is 1. The average molecular weight is 194 g/mol. The second kappa shape index (κ2) is 4.26. The summed E-state index contributed by atoms with van der Waals surface area (Å²) in [6.07, 6.45) is 4.60. The average Bonchev–Trinajstić information content (AvgIpc) is 2.62. The standard InChI is InChI=1S/C10H16N3O/c1-5-13-7-6-11-10(13)8(2)12(4)9(3)14/h7-8H,5H2,1-4H3. The summed E-state index contributed by atoms with van der Waals surface area (Å²) < 4.78 is 1.99. The minimum atomic E-state index is -0.00120. The van der Waals surface area contributed by atoms with Crippen LogP contribution in [0.3, 0.4) is 0 Å². The van der Waals surface area contributed by atoms with Crippen molar-refractivity contribution in [3.05, 3.63) is 18.2 Å². The van der Waals surface area contributed by atoms with Crippen molar-refractivity contribution in [3.63, 3.8) is 0 Å². The zero-order valence-electron chi connectivity index (χ0n) is 9.11. The number of hydrogen-bond acceptors (Lipinski definition) is 2. The molecule has 77 valence electrons. The van der Waals surface area contributed by atoms with Crippen molar-refractivity contribution in [2.75, 3.05) is 7.05 Å². The van der Waals surface area contributed by atoms with Gasteiger partial charge in [0.1, 0.15) is 12.0 Å². The third-order valence-electron chi connectivity index (χ3n) is 2.48. The van der Waals surface area contributed by atoms with E-state index < -0.39 is 0 Å². The fraction of sp³-hybridized carbons (Fsp3) is 0.600. The number of imidazole rings is 1. The van der Waals surface area contributed by atoms with Crippen molar-refractivity contribution >= 4 is 5.91 Å². The maximum absolute atomic E-state index is 11.2. The molecule has 0 bridgehead atoms. The minimum absolute atomic E-state index is 0.00120. The predicted molar refractivity (Wildman–Crippen MR) is 53.6 cm³/mol. The SMILES string of the molecule is CCn1c[c]nc1C(C)N(C)C(C)=O. The van der Waals surface area contributed by atoms with Gasteiger partial charge in [-0.25, -0.2) is 4.98 Å². The molecule has 1 amide bonds. The van der Waals surface area contributed by atoms with Crippen molar-refractivity contribution in [1.29, 1.82) is 0 Å². The summed E-state index contributed by atoms with van der Waals surface area (Å²) >= 11 is 0. The molecule has 1 radical (unpaired) electrons. The molecule has 1 rings (SSSR count). The second-order valence-electron chi connectivity index (χ2n) is 3.32. The van der Waals surface area contributed by atoms with Crippen LogP contribution in [0.1, 0.15) is 32.6 Å². The second-order valence-corrected chi connectivity index (χ2v) is 3.32. The van der Waals surface area contributed by atoms with E-state index in [2.05, 4.69) is 11.2 Å². The highest BCUT2D eigenvalue weighted by molar-refractivity contribution is 5.73. The molecule has 0 aromatic carbocycles. The lowest BCUT2D eigenvalue weighted by atomic mass is 10.2. The Bertz CT molecular complexity index is 319. The number of nitrogens with zero attached hydrogens (tertiary/aromatic N) is 3.